The molecule has 2 amide bonds. The second-order valence-electron chi connectivity index (χ2n) is 11.6. The molecule has 4 heterocycles. The lowest BCUT2D eigenvalue weighted by Gasteiger charge is -2.35. The number of amides is 2. The van der Waals surface area contributed by atoms with E-state index in [9.17, 15) is 18.0 Å². The van der Waals surface area contributed by atoms with Gasteiger partial charge in [-0.1, -0.05) is 17.4 Å². The Hall–Kier alpha value is -3.40. The number of hydrogen-bond donors (Lipinski definition) is 2. The maximum atomic E-state index is 13.5. The number of ether oxygens (including phenoxy) is 1. The fraction of sp³-hybridized carbons (Fsp3) is 0.536. The lowest BCUT2D eigenvalue weighted by molar-refractivity contribution is 0.0653. The maximum absolute atomic E-state index is 13.5. The number of carbonyl (C=O) groups excluding carboxylic acids is 2. The molecule has 5 rings (SSSR count). The summed E-state index contributed by atoms with van der Waals surface area (Å²) in [5.41, 5.74) is 1.35. The summed E-state index contributed by atoms with van der Waals surface area (Å²) in [4.78, 5) is 42.3. The van der Waals surface area contributed by atoms with Crippen molar-refractivity contribution in [3.8, 4) is 0 Å². The zero-order chi connectivity index (χ0) is 30.9. The third-order valence-corrected chi connectivity index (χ3v) is 11.6. The summed E-state index contributed by atoms with van der Waals surface area (Å²) in [6.45, 7) is 11.1. The average Bonchev–Trinajstić information content (AvgIpc) is 3.53. The number of sulfonamides is 1. The number of methoxy groups -OCH3 is 1. The van der Waals surface area contributed by atoms with Crippen LogP contribution >= 0.6 is 11.3 Å². The Labute approximate surface area is 255 Å². The van der Waals surface area contributed by atoms with Gasteiger partial charge in [0.2, 0.25) is 0 Å². The van der Waals surface area contributed by atoms with Crippen LogP contribution in [0, 0.1) is 6.92 Å². The molecule has 0 saturated carbocycles. The third-order valence-electron chi connectivity index (χ3n) is 8.01. The van der Waals surface area contributed by atoms with E-state index in [1.807, 2.05) is 23.1 Å². The monoisotopic (exact) mass is 630 g/mol. The van der Waals surface area contributed by atoms with Crippen molar-refractivity contribution >= 4 is 55.2 Å². The molecule has 0 aliphatic carbocycles. The standard InChI is InChI=1S/C28H38N8O5S2/c1-18(16-34-12-14-35(15-13-34)43(39,40)25-19(2)32-26(42-25)33-27(38)41-5)31-23-20-8-6-9-21(22(20)29-17-30-23)24(37)36-11-7-10-28(36,3)4/h6,8-9,17-18H,7,10-16H2,1-5H3,(H,29,30,31)(H,32,33,38). The van der Waals surface area contributed by atoms with E-state index in [0.717, 1.165) is 36.1 Å². The molecule has 1 aromatic carbocycles. The van der Waals surface area contributed by atoms with Crippen molar-refractivity contribution in [3.63, 3.8) is 0 Å². The summed E-state index contributed by atoms with van der Waals surface area (Å²) >= 11 is 0.915. The van der Waals surface area contributed by atoms with Gasteiger partial charge in [0.15, 0.2) is 9.34 Å². The van der Waals surface area contributed by atoms with Gasteiger partial charge >= 0.3 is 6.09 Å². The van der Waals surface area contributed by atoms with Gasteiger partial charge < -0.3 is 15.0 Å². The van der Waals surface area contributed by atoms with Crippen LogP contribution in [0.2, 0.25) is 0 Å². The van der Waals surface area contributed by atoms with Crippen LogP contribution in [0.1, 0.15) is 49.7 Å². The van der Waals surface area contributed by atoms with E-state index in [1.165, 1.54) is 17.7 Å². The molecule has 3 aromatic rings. The maximum Gasteiger partial charge on any atom is 0.413 e. The van der Waals surface area contributed by atoms with Crippen LogP contribution in [0.3, 0.4) is 0 Å². The number of fused-ring (bicyclic) bond motifs is 1. The van der Waals surface area contributed by atoms with Crippen LogP contribution < -0.4 is 10.6 Å². The summed E-state index contributed by atoms with van der Waals surface area (Å²) in [5.74, 6) is 0.647. The van der Waals surface area contributed by atoms with Gasteiger partial charge in [-0.3, -0.25) is 15.0 Å². The highest BCUT2D eigenvalue weighted by molar-refractivity contribution is 7.91. The molecular weight excluding hydrogens is 592 g/mol. The summed E-state index contributed by atoms with van der Waals surface area (Å²) < 4.78 is 32.8. The van der Waals surface area contributed by atoms with Crippen molar-refractivity contribution in [2.75, 3.05) is 57.0 Å². The molecule has 13 nitrogen and oxygen atoms in total. The summed E-state index contributed by atoms with van der Waals surface area (Å²) in [6.07, 6.45) is 2.75. The topological polar surface area (TPSA) is 150 Å². The van der Waals surface area contributed by atoms with Crippen molar-refractivity contribution in [2.45, 2.75) is 56.3 Å². The molecule has 0 bridgehead atoms. The Kier molecular flexibility index (Phi) is 8.88. The lowest BCUT2D eigenvalue weighted by atomic mass is 10.0. The minimum atomic E-state index is -3.76. The summed E-state index contributed by atoms with van der Waals surface area (Å²) in [7, 11) is -2.53. The zero-order valence-electron chi connectivity index (χ0n) is 25.1. The van der Waals surface area contributed by atoms with Gasteiger partial charge in [0.05, 0.1) is 23.9 Å². The minimum Gasteiger partial charge on any atom is -0.453 e. The Bertz CT molecular complexity index is 1620. The van der Waals surface area contributed by atoms with Gasteiger partial charge in [-0.25, -0.2) is 28.2 Å². The molecule has 1 atom stereocenters. The molecule has 2 fully saturated rings. The van der Waals surface area contributed by atoms with Gasteiger partial charge in [-0.2, -0.15) is 4.31 Å². The van der Waals surface area contributed by atoms with Crippen LogP contribution in [0.15, 0.2) is 28.7 Å². The average molecular weight is 631 g/mol. The number of nitrogens with zero attached hydrogens (tertiary/aromatic N) is 6. The van der Waals surface area contributed by atoms with E-state index in [1.54, 1.807) is 6.92 Å². The fourth-order valence-electron chi connectivity index (χ4n) is 5.75. The normalized spacial score (nSPS) is 18.5. The highest BCUT2D eigenvalue weighted by Gasteiger charge is 2.37. The molecule has 1 unspecified atom stereocenters. The first-order valence-corrected chi connectivity index (χ1v) is 16.5. The van der Waals surface area contributed by atoms with Crippen molar-refractivity contribution in [3.05, 3.63) is 35.8 Å². The second-order valence-corrected chi connectivity index (χ2v) is 14.7. The Morgan fingerprint density at radius 3 is 2.56 bits per heavy atom. The first kappa shape index (κ1) is 31.0. The van der Waals surface area contributed by atoms with Gasteiger partial charge in [0.1, 0.15) is 12.1 Å². The number of thiazole rings is 1. The number of rotatable bonds is 8. The molecule has 0 radical (unpaired) electrons. The number of carbonyl (C=O) groups is 2. The summed E-state index contributed by atoms with van der Waals surface area (Å²) in [5, 5.41) is 6.88. The Morgan fingerprint density at radius 2 is 1.88 bits per heavy atom. The third kappa shape index (κ3) is 6.44. The first-order valence-electron chi connectivity index (χ1n) is 14.3. The largest absolute Gasteiger partial charge is 0.453 e. The number of likely N-dealkylation sites (tertiary alicyclic amines) is 1. The first-order chi connectivity index (χ1) is 20.4. The lowest BCUT2D eigenvalue weighted by Crippen LogP contribution is -2.50. The molecule has 2 aromatic heterocycles. The molecule has 232 valence electrons. The zero-order valence-corrected chi connectivity index (χ0v) is 26.7. The molecule has 0 spiro atoms. The predicted molar refractivity (Wildman–Crippen MR) is 165 cm³/mol. The number of anilines is 2. The van der Waals surface area contributed by atoms with E-state index < -0.39 is 16.1 Å². The van der Waals surface area contributed by atoms with E-state index in [2.05, 4.69) is 56.0 Å². The van der Waals surface area contributed by atoms with Crippen LogP contribution in [0.4, 0.5) is 15.7 Å². The number of hydrogen-bond acceptors (Lipinski definition) is 11. The number of para-hydroxylation sites is 1. The van der Waals surface area contributed by atoms with Crippen LogP contribution in [0.5, 0.6) is 0 Å². The van der Waals surface area contributed by atoms with Crippen LogP contribution in [-0.4, -0.2) is 107 Å². The van der Waals surface area contributed by atoms with Crippen molar-refractivity contribution in [2.24, 2.45) is 0 Å². The molecule has 15 heteroatoms. The van der Waals surface area contributed by atoms with Gasteiger partial charge in [0, 0.05) is 56.2 Å². The van der Waals surface area contributed by atoms with E-state index in [4.69, 9.17) is 0 Å². The molecule has 2 saturated heterocycles. The van der Waals surface area contributed by atoms with Crippen molar-refractivity contribution in [1.82, 2.24) is 29.1 Å². The molecule has 2 N–H and O–H groups in total. The summed E-state index contributed by atoms with van der Waals surface area (Å²) in [6, 6.07) is 5.62. The van der Waals surface area contributed by atoms with Gasteiger partial charge in [0.25, 0.3) is 15.9 Å². The minimum absolute atomic E-state index is 0.00572. The highest BCUT2D eigenvalue weighted by atomic mass is 32.2. The van der Waals surface area contributed by atoms with Crippen LogP contribution in [0.25, 0.3) is 10.9 Å². The van der Waals surface area contributed by atoms with Gasteiger partial charge in [-0.15, -0.1) is 0 Å². The van der Waals surface area contributed by atoms with E-state index >= 15 is 0 Å². The molecule has 2 aliphatic heterocycles. The van der Waals surface area contributed by atoms with Crippen LogP contribution in [-0.2, 0) is 14.8 Å². The Morgan fingerprint density at radius 1 is 1.14 bits per heavy atom. The molecule has 43 heavy (non-hydrogen) atoms. The number of benzene rings is 1. The quantitative estimate of drug-likeness (QED) is 0.379. The second kappa shape index (κ2) is 12.3. The van der Waals surface area contributed by atoms with E-state index in [0.29, 0.717) is 55.3 Å². The number of piperazine rings is 1. The number of aryl methyl sites for hydroxylation is 1. The molecule has 2 aliphatic rings. The SMILES string of the molecule is COC(=O)Nc1nc(C)c(S(=O)(=O)N2CCN(CC(C)Nc3ncnc4c(C(=O)N5CCCC5(C)C)cccc34)CC2)s1. The van der Waals surface area contributed by atoms with Crippen molar-refractivity contribution in [1.29, 1.82) is 0 Å². The highest BCUT2D eigenvalue weighted by Crippen LogP contribution is 2.33. The smallest absolute Gasteiger partial charge is 0.413 e. The van der Waals surface area contributed by atoms with Crippen molar-refractivity contribution < 1.29 is 22.7 Å². The fourth-order valence-corrected chi connectivity index (χ4v) is 8.71. The Balaban J connectivity index is 1.22. The van der Waals surface area contributed by atoms with Gasteiger partial charge in [-0.05, 0) is 52.7 Å². The predicted octanol–water partition coefficient (Wildman–Crippen LogP) is 3.39. The number of aromatic nitrogens is 3. The molecular formula is C28H38N8O5S2. The van der Waals surface area contributed by atoms with E-state index in [-0.39, 0.29) is 26.8 Å². The number of nitrogens with one attached hydrogen (secondary N) is 2.